The van der Waals surface area contributed by atoms with Crippen molar-refractivity contribution in [2.75, 3.05) is 0 Å². The van der Waals surface area contributed by atoms with Crippen molar-refractivity contribution in [3.63, 3.8) is 0 Å². The number of hydrogen-bond acceptors (Lipinski definition) is 4. The molecule has 0 aliphatic carbocycles. The van der Waals surface area contributed by atoms with Crippen molar-refractivity contribution in [1.82, 2.24) is 0 Å². The Labute approximate surface area is 103 Å². The summed E-state index contributed by atoms with van der Waals surface area (Å²) >= 11 is 2.99. The Morgan fingerprint density at radius 3 is 2.44 bits per heavy atom. The van der Waals surface area contributed by atoms with E-state index in [1.165, 1.54) is 22.7 Å². The summed E-state index contributed by atoms with van der Waals surface area (Å²) in [5, 5.41) is 7.19. The van der Waals surface area contributed by atoms with Gasteiger partial charge in [0.1, 0.15) is 4.90 Å². The first-order valence-corrected chi connectivity index (χ1v) is 7.82. The second-order valence-corrected chi connectivity index (χ2v) is 7.32. The Morgan fingerprint density at radius 1 is 1.25 bits per heavy atom. The van der Waals surface area contributed by atoms with Crippen molar-refractivity contribution < 1.29 is 8.42 Å². The van der Waals surface area contributed by atoms with Crippen LogP contribution in [0, 0.1) is 13.8 Å². The lowest BCUT2D eigenvalue weighted by molar-refractivity contribution is 0.598. The summed E-state index contributed by atoms with van der Waals surface area (Å²) in [6.45, 7) is 3.70. The minimum absolute atomic E-state index is 0.275. The molecule has 86 valence electrons. The van der Waals surface area contributed by atoms with Crippen LogP contribution >= 0.6 is 22.7 Å². The highest BCUT2D eigenvalue weighted by Crippen LogP contribution is 2.40. The van der Waals surface area contributed by atoms with Gasteiger partial charge >= 0.3 is 0 Å². The van der Waals surface area contributed by atoms with E-state index in [0.29, 0.717) is 0 Å². The number of rotatable bonds is 2. The second-order valence-electron chi connectivity index (χ2n) is 3.44. The highest BCUT2D eigenvalue weighted by Gasteiger charge is 2.23. The van der Waals surface area contributed by atoms with Gasteiger partial charge in [-0.15, -0.1) is 22.7 Å². The average Bonchev–Trinajstić information content (AvgIpc) is 2.70. The quantitative estimate of drug-likeness (QED) is 0.914. The van der Waals surface area contributed by atoms with Gasteiger partial charge in [0.15, 0.2) is 0 Å². The Balaban J connectivity index is 2.80. The van der Waals surface area contributed by atoms with Gasteiger partial charge in [0.05, 0.1) is 0 Å². The van der Waals surface area contributed by atoms with Crippen molar-refractivity contribution in [1.29, 1.82) is 0 Å². The molecule has 2 aromatic rings. The minimum atomic E-state index is -3.65. The normalized spacial score (nSPS) is 11.9. The maximum absolute atomic E-state index is 11.6. The Kier molecular flexibility index (Phi) is 2.91. The number of primary sulfonamides is 1. The molecule has 0 spiro atoms. The van der Waals surface area contributed by atoms with E-state index in [-0.39, 0.29) is 4.90 Å². The van der Waals surface area contributed by atoms with Crippen LogP contribution in [0.25, 0.3) is 10.4 Å². The minimum Gasteiger partial charge on any atom is -0.225 e. The van der Waals surface area contributed by atoms with Crippen LogP contribution < -0.4 is 5.14 Å². The summed E-state index contributed by atoms with van der Waals surface area (Å²) < 4.78 is 23.1. The lowest BCUT2D eigenvalue weighted by Crippen LogP contribution is -2.13. The summed E-state index contributed by atoms with van der Waals surface area (Å²) in [5.41, 5.74) is 0.764. The van der Waals surface area contributed by atoms with Crippen LogP contribution in [0.3, 0.4) is 0 Å². The molecule has 0 aromatic carbocycles. The first-order valence-electron chi connectivity index (χ1n) is 4.58. The molecule has 0 amide bonds. The molecule has 2 rings (SSSR count). The van der Waals surface area contributed by atoms with E-state index >= 15 is 0 Å². The fourth-order valence-electron chi connectivity index (χ4n) is 1.71. The molecule has 6 heteroatoms. The van der Waals surface area contributed by atoms with Crippen LogP contribution in [0.5, 0.6) is 0 Å². The molecule has 3 nitrogen and oxygen atoms in total. The van der Waals surface area contributed by atoms with E-state index in [0.717, 1.165) is 20.2 Å². The van der Waals surface area contributed by atoms with E-state index < -0.39 is 10.0 Å². The van der Waals surface area contributed by atoms with Crippen molar-refractivity contribution in [2.45, 2.75) is 18.7 Å². The second kappa shape index (κ2) is 3.96. The van der Waals surface area contributed by atoms with Crippen LogP contribution in [0.15, 0.2) is 22.4 Å². The number of hydrogen-bond donors (Lipinski definition) is 1. The van der Waals surface area contributed by atoms with Crippen LogP contribution in [0.4, 0.5) is 0 Å². The third kappa shape index (κ3) is 1.93. The zero-order valence-corrected chi connectivity index (χ0v) is 11.3. The van der Waals surface area contributed by atoms with Crippen LogP contribution in [0.1, 0.15) is 9.75 Å². The number of thiophene rings is 2. The molecule has 0 bridgehead atoms. The SMILES string of the molecule is Cc1sc(C)c(S(N)(=O)=O)c1-c1cccs1. The van der Waals surface area contributed by atoms with Gasteiger partial charge < -0.3 is 0 Å². The van der Waals surface area contributed by atoms with Gasteiger partial charge in [-0.25, -0.2) is 13.6 Å². The van der Waals surface area contributed by atoms with Crippen molar-refractivity contribution >= 4 is 32.7 Å². The van der Waals surface area contributed by atoms with Crippen LogP contribution in [-0.2, 0) is 10.0 Å². The molecular weight excluding hydrogens is 262 g/mol. The molecule has 0 aliphatic heterocycles. The maximum Gasteiger partial charge on any atom is 0.239 e. The topological polar surface area (TPSA) is 60.2 Å². The molecule has 0 radical (unpaired) electrons. The molecule has 0 unspecified atom stereocenters. The summed E-state index contributed by atoms with van der Waals surface area (Å²) in [5.74, 6) is 0. The van der Waals surface area contributed by atoms with E-state index in [1.807, 2.05) is 24.4 Å². The van der Waals surface area contributed by atoms with Gasteiger partial charge in [-0.1, -0.05) is 6.07 Å². The Hall–Kier alpha value is -0.690. The van der Waals surface area contributed by atoms with E-state index in [4.69, 9.17) is 5.14 Å². The highest BCUT2D eigenvalue weighted by atomic mass is 32.2. The van der Waals surface area contributed by atoms with E-state index in [1.54, 1.807) is 6.92 Å². The van der Waals surface area contributed by atoms with Gasteiger partial charge in [0, 0.05) is 20.2 Å². The van der Waals surface area contributed by atoms with Gasteiger partial charge in [0.25, 0.3) is 0 Å². The van der Waals surface area contributed by atoms with Gasteiger partial charge in [0.2, 0.25) is 10.0 Å². The van der Waals surface area contributed by atoms with Crippen molar-refractivity contribution in [2.24, 2.45) is 5.14 Å². The van der Waals surface area contributed by atoms with Gasteiger partial charge in [-0.3, -0.25) is 0 Å². The highest BCUT2D eigenvalue weighted by molar-refractivity contribution is 7.89. The van der Waals surface area contributed by atoms with Crippen LogP contribution in [0.2, 0.25) is 0 Å². The molecule has 2 heterocycles. The third-order valence-corrected chi connectivity index (χ3v) is 5.37. The third-order valence-electron chi connectivity index (χ3n) is 2.26. The Bertz CT molecular complexity index is 609. The summed E-state index contributed by atoms with van der Waals surface area (Å²) in [6, 6.07) is 3.81. The molecule has 0 fully saturated rings. The zero-order valence-electron chi connectivity index (χ0n) is 8.85. The number of aryl methyl sites for hydroxylation is 2. The number of sulfonamides is 1. The van der Waals surface area contributed by atoms with Crippen molar-refractivity contribution in [3.05, 3.63) is 27.3 Å². The lowest BCUT2D eigenvalue weighted by atomic mass is 10.2. The van der Waals surface area contributed by atoms with Gasteiger partial charge in [-0.2, -0.15) is 0 Å². The molecule has 0 atom stereocenters. The smallest absolute Gasteiger partial charge is 0.225 e. The molecule has 2 N–H and O–H groups in total. The predicted molar refractivity (Wildman–Crippen MR) is 68.5 cm³/mol. The summed E-state index contributed by atoms with van der Waals surface area (Å²) in [6.07, 6.45) is 0. The van der Waals surface area contributed by atoms with E-state index in [9.17, 15) is 8.42 Å². The van der Waals surface area contributed by atoms with Crippen molar-refractivity contribution in [3.8, 4) is 10.4 Å². The van der Waals surface area contributed by atoms with Gasteiger partial charge in [-0.05, 0) is 25.3 Å². The maximum atomic E-state index is 11.6. The first kappa shape index (κ1) is 11.8. The average molecular weight is 273 g/mol. The largest absolute Gasteiger partial charge is 0.239 e. The molecule has 2 aromatic heterocycles. The molecule has 0 aliphatic rings. The predicted octanol–water partition coefficient (Wildman–Crippen LogP) is 2.74. The standard InChI is InChI=1S/C10H11NO2S3/c1-6-9(8-4-3-5-14-8)10(7(2)15-6)16(11,12)13/h3-5H,1-2H3,(H2,11,12,13). The number of nitrogens with two attached hydrogens (primary N) is 1. The zero-order chi connectivity index (χ0) is 11.9. The first-order chi connectivity index (χ1) is 7.41. The lowest BCUT2D eigenvalue weighted by Gasteiger charge is -2.02. The molecule has 0 saturated heterocycles. The molecule has 0 saturated carbocycles. The van der Waals surface area contributed by atoms with E-state index in [2.05, 4.69) is 0 Å². The van der Waals surface area contributed by atoms with Crippen LogP contribution in [-0.4, -0.2) is 8.42 Å². The summed E-state index contributed by atoms with van der Waals surface area (Å²) in [4.78, 5) is 2.97. The fourth-order valence-corrected chi connectivity index (χ4v) is 5.13. The molecule has 16 heavy (non-hydrogen) atoms. The monoisotopic (exact) mass is 273 g/mol. The summed E-state index contributed by atoms with van der Waals surface area (Å²) in [7, 11) is -3.65. The fraction of sp³-hybridized carbons (Fsp3) is 0.200. The molecular formula is C10H11NO2S3. The Morgan fingerprint density at radius 2 is 1.94 bits per heavy atom.